The standard InChI is InChI=1S/C8H11N3O2/c1-11-4-6(2-10-11)8(12)9-3-7-5-13-7/h2,4,7H,3,5H2,1H3,(H,9,12)/t7-/m0/s1. The fourth-order valence-electron chi connectivity index (χ4n) is 1.03. The monoisotopic (exact) mass is 181 g/mol. The smallest absolute Gasteiger partial charge is 0.254 e. The summed E-state index contributed by atoms with van der Waals surface area (Å²) < 4.78 is 6.56. The Morgan fingerprint density at radius 3 is 3.23 bits per heavy atom. The molecule has 1 aromatic rings. The summed E-state index contributed by atoms with van der Waals surface area (Å²) in [6.45, 7) is 1.35. The van der Waals surface area contributed by atoms with Crippen molar-refractivity contribution in [2.24, 2.45) is 7.05 Å². The van der Waals surface area contributed by atoms with Gasteiger partial charge in [-0.1, -0.05) is 0 Å². The predicted molar refractivity (Wildman–Crippen MR) is 45.3 cm³/mol. The molecule has 70 valence electrons. The molecular weight excluding hydrogens is 170 g/mol. The van der Waals surface area contributed by atoms with E-state index in [1.54, 1.807) is 24.1 Å². The predicted octanol–water partition coefficient (Wildman–Crippen LogP) is -0.451. The maximum Gasteiger partial charge on any atom is 0.254 e. The molecule has 5 nitrogen and oxygen atoms in total. The first-order valence-electron chi connectivity index (χ1n) is 4.14. The third-order valence-electron chi connectivity index (χ3n) is 1.86. The van der Waals surface area contributed by atoms with Crippen molar-refractivity contribution in [3.05, 3.63) is 18.0 Å². The number of aromatic nitrogens is 2. The lowest BCUT2D eigenvalue weighted by Crippen LogP contribution is -2.27. The first kappa shape index (κ1) is 8.25. The van der Waals surface area contributed by atoms with Crippen molar-refractivity contribution in [2.45, 2.75) is 6.10 Å². The first-order valence-corrected chi connectivity index (χ1v) is 4.14. The second kappa shape index (κ2) is 3.18. The summed E-state index contributed by atoms with van der Waals surface area (Å²) in [6, 6.07) is 0. The highest BCUT2D eigenvalue weighted by Crippen LogP contribution is 2.06. The van der Waals surface area contributed by atoms with E-state index in [1.807, 2.05) is 0 Å². The average molecular weight is 181 g/mol. The van der Waals surface area contributed by atoms with Crippen molar-refractivity contribution in [2.75, 3.05) is 13.2 Å². The number of carbonyl (C=O) groups excluding carboxylic acids is 1. The third kappa shape index (κ3) is 2.06. The van der Waals surface area contributed by atoms with E-state index in [2.05, 4.69) is 10.4 Å². The molecule has 1 aliphatic heterocycles. The van der Waals surface area contributed by atoms with Gasteiger partial charge in [0, 0.05) is 19.8 Å². The van der Waals surface area contributed by atoms with Gasteiger partial charge in [-0.3, -0.25) is 9.48 Å². The summed E-state index contributed by atoms with van der Waals surface area (Å²) in [5.41, 5.74) is 0.586. The molecule has 0 unspecified atom stereocenters. The molecule has 0 bridgehead atoms. The zero-order valence-electron chi connectivity index (χ0n) is 7.36. The molecule has 1 saturated heterocycles. The number of nitrogens with one attached hydrogen (secondary N) is 1. The summed E-state index contributed by atoms with van der Waals surface area (Å²) in [7, 11) is 1.78. The highest BCUT2D eigenvalue weighted by atomic mass is 16.6. The molecule has 1 fully saturated rings. The van der Waals surface area contributed by atoms with Gasteiger partial charge < -0.3 is 10.1 Å². The Morgan fingerprint density at radius 2 is 2.69 bits per heavy atom. The Balaban J connectivity index is 1.88. The summed E-state index contributed by atoms with van der Waals surface area (Å²) in [6.07, 6.45) is 3.45. The van der Waals surface area contributed by atoms with Crippen LogP contribution >= 0.6 is 0 Å². The molecular formula is C8H11N3O2. The lowest BCUT2D eigenvalue weighted by atomic mass is 10.3. The van der Waals surface area contributed by atoms with Crippen LogP contribution in [0.5, 0.6) is 0 Å². The molecule has 0 spiro atoms. The number of nitrogens with zero attached hydrogens (tertiary/aromatic N) is 2. The van der Waals surface area contributed by atoms with E-state index in [0.29, 0.717) is 12.1 Å². The number of hydrogen-bond acceptors (Lipinski definition) is 3. The lowest BCUT2D eigenvalue weighted by Gasteiger charge is -1.98. The fraction of sp³-hybridized carbons (Fsp3) is 0.500. The Labute approximate surface area is 75.7 Å². The number of aryl methyl sites for hydroxylation is 1. The second-order valence-electron chi connectivity index (χ2n) is 3.07. The molecule has 0 aliphatic carbocycles. The van der Waals surface area contributed by atoms with Crippen LogP contribution in [-0.4, -0.2) is 34.9 Å². The molecule has 2 rings (SSSR count). The first-order chi connectivity index (χ1) is 6.25. The molecule has 2 heterocycles. The lowest BCUT2D eigenvalue weighted by molar-refractivity contribution is 0.0950. The molecule has 5 heteroatoms. The van der Waals surface area contributed by atoms with Gasteiger partial charge in [0.15, 0.2) is 0 Å². The molecule has 1 atom stereocenters. The molecule has 0 radical (unpaired) electrons. The number of epoxide rings is 1. The van der Waals surface area contributed by atoms with Gasteiger partial charge in [-0.05, 0) is 0 Å². The van der Waals surface area contributed by atoms with Crippen molar-refractivity contribution >= 4 is 5.91 Å². The summed E-state index contributed by atoms with van der Waals surface area (Å²) in [5.74, 6) is -0.0939. The maximum absolute atomic E-state index is 11.4. The van der Waals surface area contributed by atoms with Crippen molar-refractivity contribution < 1.29 is 9.53 Å². The van der Waals surface area contributed by atoms with Gasteiger partial charge in [0.1, 0.15) is 0 Å². The SMILES string of the molecule is Cn1cc(C(=O)NC[C@H]2CO2)cn1. The summed E-state index contributed by atoms with van der Waals surface area (Å²) in [4.78, 5) is 11.4. The van der Waals surface area contributed by atoms with Gasteiger partial charge >= 0.3 is 0 Å². The van der Waals surface area contributed by atoms with Crippen LogP contribution in [0.1, 0.15) is 10.4 Å². The molecule has 1 N–H and O–H groups in total. The highest BCUT2D eigenvalue weighted by molar-refractivity contribution is 5.93. The van der Waals surface area contributed by atoms with Crippen LogP contribution in [0.2, 0.25) is 0 Å². The van der Waals surface area contributed by atoms with Gasteiger partial charge in [0.05, 0.1) is 24.5 Å². The van der Waals surface area contributed by atoms with Crippen LogP contribution in [0.15, 0.2) is 12.4 Å². The Morgan fingerprint density at radius 1 is 1.92 bits per heavy atom. The fourth-order valence-corrected chi connectivity index (χ4v) is 1.03. The molecule has 1 aliphatic rings. The minimum Gasteiger partial charge on any atom is -0.371 e. The Bertz CT molecular complexity index is 317. The van der Waals surface area contributed by atoms with E-state index in [1.165, 1.54) is 0 Å². The number of amides is 1. The second-order valence-corrected chi connectivity index (χ2v) is 3.07. The van der Waals surface area contributed by atoms with Crippen molar-refractivity contribution in [3.8, 4) is 0 Å². The van der Waals surface area contributed by atoms with Gasteiger partial charge in [-0.2, -0.15) is 5.10 Å². The number of carbonyl (C=O) groups is 1. The van der Waals surface area contributed by atoms with E-state index in [4.69, 9.17) is 4.74 Å². The van der Waals surface area contributed by atoms with Crippen LogP contribution in [0.4, 0.5) is 0 Å². The van der Waals surface area contributed by atoms with E-state index < -0.39 is 0 Å². The zero-order valence-corrected chi connectivity index (χ0v) is 7.36. The summed E-state index contributed by atoms with van der Waals surface area (Å²) in [5, 5.41) is 6.66. The minimum atomic E-state index is -0.0939. The van der Waals surface area contributed by atoms with Crippen molar-refractivity contribution in [1.82, 2.24) is 15.1 Å². The van der Waals surface area contributed by atoms with Gasteiger partial charge in [0.2, 0.25) is 0 Å². The average Bonchev–Trinajstić information content (AvgIpc) is 2.84. The van der Waals surface area contributed by atoms with Crippen LogP contribution < -0.4 is 5.32 Å². The van der Waals surface area contributed by atoms with E-state index in [9.17, 15) is 4.79 Å². The van der Waals surface area contributed by atoms with Gasteiger partial charge in [-0.25, -0.2) is 0 Å². The molecule has 1 aromatic heterocycles. The zero-order chi connectivity index (χ0) is 9.26. The van der Waals surface area contributed by atoms with Crippen molar-refractivity contribution in [3.63, 3.8) is 0 Å². The maximum atomic E-state index is 11.4. The van der Waals surface area contributed by atoms with Crippen LogP contribution in [0.25, 0.3) is 0 Å². The van der Waals surface area contributed by atoms with Gasteiger partial charge in [-0.15, -0.1) is 0 Å². The summed E-state index contributed by atoms with van der Waals surface area (Å²) >= 11 is 0. The van der Waals surface area contributed by atoms with E-state index in [0.717, 1.165) is 6.61 Å². The molecule has 1 amide bonds. The van der Waals surface area contributed by atoms with E-state index >= 15 is 0 Å². The van der Waals surface area contributed by atoms with Crippen LogP contribution in [0.3, 0.4) is 0 Å². The largest absolute Gasteiger partial charge is 0.371 e. The molecule has 13 heavy (non-hydrogen) atoms. The van der Waals surface area contributed by atoms with Crippen molar-refractivity contribution in [1.29, 1.82) is 0 Å². The minimum absolute atomic E-state index is 0.0939. The normalized spacial score (nSPS) is 19.9. The molecule has 0 aromatic carbocycles. The number of rotatable bonds is 3. The topological polar surface area (TPSA) is 59.5 Å². The number of ether oxygens (including phenoxy) is 1. The van der Waals surface area contributed by atoms with Gasteiger partial charge in [0.25, 0.3) is 5.91 Å². The third-order valence-corrected chi connectivity index (χ3v) is 1.86. The highest BCUT2D eigenvalue weighted by Gasteiger charge is 2.23. The number of hydrogen-bond donors (Lipinski definition) is 1. The Kier molecular flexibility index (Phi) is 2.02. The molecule has 0 saturated carbocycles. The quantitative estimate of drug-likeness (QED) is 0.642. The van der Waals surface area contributed by atoms with E-state index in [-0.39, 0.29) is 12.0 Å². The van der Waals surface area contributed by atoms with Crippen LogP contribution in [0, 0.1) is 0 Å². The Hall–Kier alpha value is -1.36. The van der Waals surface area contributed by atoms with Crippen LogP contribution in [-0.2, 0) is 11.8 Å².